The van der Waals surface area contributed by atoms with Gasteiger partial charge in [0.1, 0.15) is 0 Å². The molecule has 20 heavy (non-hydrogen) atoms. The number of hydrogen-bond donors (Lipinski definition) is 1. The molecule has 4 heteroatoms. The first kappa shape index (κ1) is 17.0. The minimum atomic E-state index is -0.704. The van der Waals surface area contributed by atoms with Gasteiger partial charge in [-0.25, -0.2) is 0 Å². The summed E-state index contributed by atoms with van der Waals surface area (Å²) in [5.41, 5.74) is -0.609. The quantitative estimate of drug-likeness (QED) is 0.780. The summed E-state index contributed by atoms with van der Waals surface area (Å²) in [4.78, 5) is 25.8. The number of hydrogen-bond acceptors (Lipinski definition) is 2. The minimum absolute atomic E-state index is 0.119. The fourth-order valence-corrected chi connectivity index (χ4v) is 3.08. The zero-order chi connectivity index (χ0) is 15.2. The van der Waals surface area contributed by atoms with Gasteiger partial charge in [0.05, 0.1) is 5.41 Å². The molecule has 0 aromatic carbocycles. The van der Waals surface area contributed by atoms with Crippen LogP contribution in [0.5, 0.6) is 0 Å². The van der Waals surface area contributed by atoms with Gasteiger partial charge in [-0.2, -0.15) is 0 Å². The van der Waals surface area contributed by atoms with Crippen LogP contribution in [0.25, 0.3) is 0 Å². The molecular weight excluding hydrogens is 254 g/mol. The molecule has 0 spiro atoms. The lowest BCUT2D eigenvalue weighted by Crippen LogP contribution is -2.47. The monoisotopic (exact) mass is 283 g/mol. The van der Waals surface area contributed by atoms with E-state index in [1.54, 1.807) is 0 Å². The van der Waals surface area contributed by atoms with Crippen LogP contribution < -0.4 is 0 Å². The van der Waals surface area contributed by atoms with Crippen molar-refractivity contribution >= 4 is 11.9 Å². The molecule has 0 aromatic rings. The van der Waals surface area contributed by atoms with E-state index in [1.165, 1.54) is 0 Å². The smallest absolute Gasteiger partial charge is 0.309 e. The maximum Gasteiger partial charge on any atom is 0.309 e. The molecule has 1 aliphatic rings. The summed E-state index contributed by atoms with van der Waals surface area (Å²) >= 11 is 0. The molecule has 1 fully saturated rings. The van der Waals surface area contributed by atoms with Gasteiger partial charge < -0.3 is 10.0 Å². The van der Waals surface area contributed by atoms with Crippen molar-refractivity contribution in [3.8, 4) is 0 Å². The molecule has 1 unspecified atom stereocenters. The second-order valence-corrected chi connectivity index (χ2v) is 6.01. The number of aliphatic carboxylic acids is 1. The molecule has 1 rings (SSSR count). The van der Waals surface area contributed by atoms with E-state index in [9.17, 15) is 14.7 Å². The molecule has 0 aromatic heterocycles. The molecule has 4 nitrogen and oxygen atoms in total. The number of carbonyl (C=O) groups is 2. The highest BCUT2D eigenvalue weighted by Gasteiger charge is 2.41. The Labute approximate surface area is 122 Å². The highest BCUT2D eigenvalue weighted by atomic mass is 16.4. The third-order valence-corrected chi connectivity index (χ3v) is 4.91. The van der Waals surface area contributed by atoms with Crippen LogP contribution in [0.15, 0.2) is 0 Å². The number of unbranched alkanes of at least 4 members (excludes halogenated alkanes) is 1. The van der Waals surface area contributed by atoms with Crippen molar-refractivity contribution in [2.75, 3.05) is 13.1 Å². The largest absolute Gasteiger partial charge is 0.481 e. The van der Waals surface area contributed by atoms with E-state index in [0.717, 1.165) is 25.7 Å². The van der Waals surface area contributed by atoms with Gasteiger partial charge in [0.25, 0.3) is 0 Å². The van der Waals surface area contributed by atoms with Crippen molar-refractivity contribution in [1.82, 2.24) is 4.90 Å². The average Bonchev–Trinajstić information content (AvgIpc) is 2.47. The zero-order valence-corrected chi connectivity index (χ0v) is 13.2. The van der Waals surface area contributed by atoms with E-state index in [0.29, 0.717) is 32.4 Å². The van der Waals surface area contributed by atoms with Crippen molar-refractivity contribution in [3.63, 3.8) is 0 Å². The molecule has 1 aliphatic heterocycles. The Morgan fingerprint density at radius 1 is 1.20 bits per heavy atom. The Morgan fingerprint density at radius 3 is 2.20 bits per heavy atom. The number of amides is 1. The van der Waals surface area contributed by atoms with Gasteiger partial charge in [0.15, 0.2) is 0 Å². The highest BCUT2D eigenvalue weighted by molar-refractivity contribution is 5.80. The Balaban J connectivity index is 2.59. The first-order valence-electron chi connectivity index (χ1n) is 8.03. The molecule has 0 aliphatic carbocycles. The van der Waals surface area contributed by atoms with Crippen LogP contribution in [0.3, 0.4) is 0 Å². The molecule has 1 amide bonds. The fraction of sp³-hybridized carbons (Fsp3) is 0.875. The van der Waals surface area contributed by atoms with Crippen LogP contribution in [0.1, 0.15) is 65.7 Å². The summed E-state index contributed by atoms with van der Waals surface area (Å²) in [6.45, 7) is 7.33. The van der Waals surface area contributed by atoms with Gasteiger partial charge >= 0.3 is 5.97 Å². The lowest BCUT2D eigenvalue weighted by molar-refractivity contribution is -0.155. The van der Waals surface area contributed by atoms with Crippen molar-refractivity contribution in [2.45, 2.75) is 65.7 Å². The van der Waals surface area contributed by atoms with Gasteiger partial charge in [-0.15, -0.1) is 0 Å². The Bertz CT molecular complexity index is 333. The topological polar surface area (TPSA) is 57.6 Å². The van der Waals surface area contributed by atoms with Crippen molar-refractivity contribution in [3.05, 3.63) is 0 Å². The standard InChI is InChI=1S/C16H29NO3/c1-4-7-8-13(5-2)14(18)17-11-9-16(6-3,10-12-17)15(19)20/h13H,4-12H2,1-3H3,(H,19,20). The molecule has 0 bridgehead atoms. The Kier molecular flexibility index (Phi) is 6.50. The fourth-order valence-electron chi connectivity index (χ4n) is 3.08. The number of rotatable bonds is 7. The van der Waals surface area contributed by atoms with Crippen molar-refractivity contribution < 1.29 is 14.7 Å². The van der Waals surface area contributed by atoms with E-state index in [-0.39, 0.29) is 11.8 Å². The zero-order valence-electron chi connectivity index (χ0n) is 13.2. The maximum atomic E-state index is 12.5. The summed E-state index contributed by atoms with van der Waals surface area (Å²) in [5.74, 6) is -0.352. The van der Waals surface area contributed by atoms with Gasteiger partial charge in [-0.05, 0) is 32.1 Å². The summed E-state index contributed by atoms with van der Waals surface area (Å²) < 4.78 is 0. The van der Waals surface area contributed by atoms with Crippen LogP contribution in [0.4, 0.5) is 0 Å². The van der Waals surface area contributed by atoms with Crippen LogP contribution >= 0.6 is 0 Å². The third-order valence-electron chi connectivity index (χ3n) is 4.91. The summed E-state index contributed by atoms with van der Waals surface area (Å²) in [6.07, 6.45) is 5.88. The van der Waals surface area contributed by atoms with E-state index in [1.807, 2.05) is 11.8 Å². The SMILES string of the molecule is CCCCC(CC)C(=O)N1CCC(CC)(C(=O)O)CC1. The average molecular weight is 283 g/mol. The summed E-state index contributed by atoms with van der Waals surface area (Å²) in [5, 5.41) is 9.38. The highest BCUT2D eigenvalue weighted by Crippen LogP contribution is 2.35. The van der Waals surface area contributed by atoms with Gasteiger partial charge in [-0.3, -0.25) is 9.59 Å². The van der Waals surface area contributed by atoms with E-state index in [4.69, 9.17) is 0 Å². The number of carbonyl (C=O) groups excluding carboxylic acids is 1. The number of piperidine rings is 1. The number of carboxylic acid groups (broad SMARTS) is 1. The lowest BCUT2D eigenvalue weighted by Gasteiger charge is -2.39. The molecular formula is C16H29NO3. The Morgan fingerprint density at radius 2 is 1.80 bits per heavy atom. The van der Waals surface area contributed by atoms with Crippen LogP contribution in [-0.4, -0.2) is 35.0 Å². The second-order valence-electron chi connectivity index (χ2n) is 6.01. The number of likely N-dealkylation sites (tertiary alicyclic amines) is 1. The summed E-state index contributed by atoms with van der Waals surface area (Å²) in [6, 6.07) is 0. The van der Waals surface area contributed by atoms with Crippen LogP contribution in [0, 0.1) is 11.3 Å². The van der Waals surface area contributed by atoms with Gasteiger partial charge in [0.2, 0.25) is 5.91 Å². The lowest BCUT2D eigenvalue weighted by atomic mass is 9.76. The predicted octanol–water partition coefficient (Wildman–Crippen LogP) is 3.31. The molecule has 0 radical (unpaired) electrons. The first-order valence-corrected chi connectivity index (χ1v) is 8.03. The third kappa shape index (κ3) is 3.74. The van der Waals surface area contributed by atoms with E-state index < -0.39 is 11.4 Å². The van der Waals surface area contributed by atoms with Crippen LogP contribution in [-0.2, 0) is 9.59 Å². The van der Waals surface area contributed by atoms with Gasteiger partial charge in [-0.1, -0.05) is 33.6 Å². The molecule has 1 atom stereocenters. The first-order chi connectivity index (χ1) is 9.50. The molecule has 1 N–H and O–H groups in total. The summed E-state index contributed by atoms with van der Waals surface area (Å²) in [7, 11) is 0. The number of carboxylic acids is 1. The second kappa shape index (κ2) is 7.65. The van der Waals surface area contributed by atoms with Crippen molar-refractivity contribution in [1.29, 1.82) is 0 Å². The molecule has 1 heterocycles. The number of nitrogens with zero attached hydrogens (tertiary/aromatic N) is 1. The molecule has 116 valence electrons. The van der Waals surface area contributed by atoms with E-state index in [2.05, 4.69) is 13.8 Å². The maximum absolute atomic E-state index is 12.5. The van der Waals surface area contributed by atoms with Gasteiger partial charge in [0, 0.05) is 19.0 Å². The minimum Gasteiger partial charge on any atom is -0.481 e. The van der Waals surface area contributed by atoms with Crippen LogP contribution in [0.2, 0.25) is 0 Å². The predicted molar refractivity (Wildman–Crippen MR) is 79.5 cm³/mol. The Hall–Kier alpha value is -1.06. The molecule has 1 saturated heterocycles. The van der Waals surface area contributed by atoms with E-state index >= 15 is 0 Å². The normalized spacial score (nSPS) is 19.6. The molecule has 0 saturated carbocycles. The van der Waals surface area contributed by atoms with Crippen molar-refractivity contribution in [2.24, 2.45) is 11.3 Å².